The number of rotatable bonds is 7. The largest absolute Gasteiger partial charge is 0.384 e. The Kier molecular flexibility index (Phi) is 5.28. The van der Waals surface area contributed by atoms with Crippen molar-refractivity contribution >= 4 is 33.9 Å². The van der Waals surface area contributed by atoms with Crippen LogP contribution in [-0.2, 0) is 5.75 Å². The Morgan fingerprint density at radius 2 is 1.92 bits per heavy atom. The van der Waals surface area contributed by atoms with Crippen molar-refractivity contribution in [3.8, 4) is 0 Å². The highest BCUT2D eigenvalue weighted by atomic mass is 32.2. The number of hydrogen-bond acceptors (Lipinski definition) is 5. The van der Waals surface area contributed by atoms with Gasteiger partial charge in [-0.05, 0) is 17.7 Å². The lowest BCUT2D eigenvalue weighted by Gasteiger charge is -2.10. The third-order valence-electron chi connectivity index (χ3n) is 3.67. The number of nitrogens with one attached hydrogen (secondary N) is 1. The Morgan fingerprint density at radius 3 is 2.71 bits per heavy atom. The van der Waals surface area contributed by atoms with Crippen molar-refractivity contribution in [3.63, 3.8) is 0 Å². The van der Waals surface area contributed by atoms with Crippen LogP contribution in [0.2, 0.25) is 0 Å². The molecular formula is C18H17N3O2S. The van der Waals surface area contributed by atoms with Gasteiger partial charge in [0.15, 0.2) is 0 Å². The number of fused-ring (bicyclic) bond motifs is 1. The van der Waals surface area contributed by atoms with Gasteiger partial charge in [0.1, 0.15) is 0 Å². The summed E-state index contributed by atoms with van der Waals surface area (Å²) in [6.07, 6.45) is 3.20. The van der Waals surface area contributed by atoms with Crippen molar-refractivity contribution < 1.29 is 4.92 Å². The number of nitrogens with zero attached hydrogens (tertiary/aromatic N) is 2. The van der Waals surface area contributed by atoms with Crippen molar-refractivity contribution in [2.75, 3.05) is 17.6 Å². The van der Waals surface area contributed by atoms with Gasteiger partial charge in [0.25, 0.3) is 5.69 Å². The number of nitro benzene ring substituents is 1. The third kappa shape index (κ3) is 3.83. The van der Waals surface area contributed by atoms with Crippen molar-refractivity contribution in [3.05, 3.63) is 76.6 Å². The average molecular weight is 339 g/mol. The van der Waals surface area contributed by atoms with Gasteiger partial charge in [0.2, 0.25) is 0 Å². The summed E-state index contributed by atoms with van der Waals surface area (Å²) in [6.45, 7) is 0.798. The number of aromatic nitrogens is 1. The Bertz CT molecular complexity index is 840. The Labute approximate surface area is 144 Å². The summed E-state index contributed by atoms with van der Waals surface area (Å²) in [7, 11) is 0. The van der Waals surface area contributed by atoms with Crippen LogP contribution in [0.1, 0.15) is 5.56 Å². The molecule has 6 heteroatoms. The molecule has 2 aromatic carbocycles. The minimum Gasteiger partial charge on any atom is -0.384 e. The van der Waals surface area contributed by atoms with Crippen LogP contribution >= 0.6 is 11.8 Å². The highest BCUT2D eigenvalue weighted by Gasteiger charge is 2.13. The second-order valence-corrected chi connectivity index (χ2v) is 6.38. The zero-order valence-corrected chi connectivity index (χ0v) is 13.8. The number of benzene rings is 2. The van der Waals surface area contributed by atoms with Gasteiger partial charge in [-0.15, -0.1) is 0 Å². The van der Waals surface area contributed by atoms with Crippen LogP contribution in [0.25, 0.3) is 10.8 Å². The van der Waals surface area contributed by atoms with E-state index in [9.17, 15) is 10.1 Å². The molecule has 0 fully saturated rings. The zero-order chi connectivity index (χ0) is 16.8. The molecule has 3 rings (SSSR count). The number of anilines is 1. The second-order valence-electron chi connectivity index (χ2n) is 5.28. The van der Waals surface area contributed by atoms with Gasteiger partial charge in [-0.2, -0.15) is 11.8 Å². The summed E-state index contributed by atoms with van der Waals surface area (Å²) in [5.41, 5.74) is 2.30. The molecule has 1 aromatic heterocycles. The van der Waals surface area contributed by atoms with E-state index in [4.69, 9.17) is 0 Å². The van der Waals surface area contributed by atoms with Crippen LogP contribution in [0, 0.1) is 10.1 Å². The molecule has 0 spiro atoms. The highest BCUT2D eigenvalue weighted by molar-refractivity contribution is 7.98. The quantitative estimate of drug-likeness (QED) is 0.390. The van der Waals surface area contributed by atoms with Gasteiger partial charge < -0.3 is 5.32 Å². The van der Waals surface area contributed by atoms with Gasteiger partial charge in [-0.1, -0.05) is 30.3 Å². The smallest absolute Gasteiger partial charge is 0.278 e. The molecule has 5 nitrogen and oxygen atoms in total. The maximum Gasteiger partial charge on any atom is 0.278 e. The lowest BCUT2D eigenvalue weighted by atomic mass is 10.1. The molecule has 0 aliphatic carbocycles. The fourth-order valence-electron chi connectivity index (χ4n) is 2.51. The standard InChI is InChI=1S/C18H17N3O2S/c22-21(23)18-7-6-17(15-8-9-19-12-16(15)18)20-10-11-24-13-14-4-2-1-3-5-14/h1-9,12,20H,10-11,13H2. The topological polar surface area (TPSA) is 68.1 Å². The molecule has 1 heterocycles. The minimum absolute atomic E-state index is 0.0853. The monoisotopic (exact) mass is 339 g/mol. The van der Waals surface area contributed by atoms with Crippen LogP contribution in [0.15, 0.2) is 60.9 Å². The van der Waals surface area contributed by atoms with Gasteiger partial charge in [-0.25, -0.2) is 0 Å². The van der Waals surface area contributed by atoms with E-state index >= 15 is 0 Å². The van der Waals surface area contributed by atoms with Crippen LogP contribution in [0.5, 0.6) is 0 Å². The van der Waals surface area contributed by atoms with E-state index < -0.39 is 0 Å². The van der Waals surface area contributed by atoms with E-state index in [1.807, 2.05) is 36.0 Å². The number of thioether (sulfide) groups is 1. The predicted octanol–water partition coefficient (Wildman–Crippen LogP) is 4.49. The molecule has 24 heavy (non-hydrogen) atoms. The van der Waals surface area contributed by atoms with Gasteiger partial charge in [0, 0.05) is 47.6 Å². The van der Waals surface area contributed by atoms with E-state index in [-0.39, 0.29) is 10.6 Å². The summed E-state index contributed by atoms with van der Waals surface area (Å²) >= 11 is 1.86. The first kappa shape index (κ1) is 16.3. The van der Waals surface area contributed by atoms with Crippen LogP contribution in [0.3, 0.4) is 0 Å². The van der Waals surface area contributed by atoms with E-state index in [0.717, 1.165) is 29.1 Å². The van der Waals surface area contributed by atoms with Gasteiger partial charge >= 0.3 is 0 Å². The number of nitro groups is 1. The van der Waals surface area contributed by atoms with E-state index in [1.54, 1.807) is 18.5 Å². The van der Waals surface area contributed by atoms with Crippen LogP contribution < -0.4 is 5.32 Å². The fraction of sp³-hybridized carbons (Fsp3) is 0.167. The molecule has 0 amide bonds. The molecule has 0 atom stereocenters. The van der Waals surface area contributed by atoms with Crippen molar-refractivity contribution in [2.24, 2.45) is 0 Å². The summed E-state index contributed by atoms with van der Waals surface area (Å²) in [4.78, 5) is 14.7. The first-order chi connectivity index (χ1) is 11.8. The summed E-state index contributed by atoms with van der Waals surface area (Å²) in [5, 5.41) is 15.9. The SMILES string of the molecule is O=[N+]([O-])c1ccc(NCCSCc2ccccc2)c2ccncc12. The third-order valence-corrected chi connectivity index (χ3v) is 4.70. The minimum atomic E-state index is -0.372. The summed E-state index contributed by atoms with van der Waals surface area (Å²) in [6, 6.07) is 15.5. The van der Waals surface area contributed by atoms with Crippen LogP contribution in [-0.4, -0.2) is 22.2 Å². The summed E-state index contributed by atoms with van der Waals surface area (Å²) < 4.78 is 0. The maximum absolute atomic E-state index is 11.1. The molecule has 0 saturated carbocycles. The Morgan fingerprint density at radius 1 is 1.08 bits per heavy atom. The van der Waals surface area contributed by atoms with E-state index in [0.29, 0.717) is 5.39 Å². The van der Waals surface area contributed by atoms with Crippen LogP contribution in [0.4, 0.5) is 11.4 Å². The molecule has 3 aromatic rings. The number of hydrogen-bond donors (Lipinski definition) is 1. The maximum atomic E-state index is 11.1. The second kappa shape index (κ2) is 7.79. The van der Waals surface area contributed by atoms with E-state index in [1.165, 1.54) is 11.6 Å². The van der Waals surface area contributed by atoms with E-state index in [2.05, 4.69) is 22.4 Å². The lowest BCUT2D eigenvalue weighted by Crippen LogP contribution is -2.05. The predicted molar refractivity (Wildman–Crippen MR) is 99.5 cm³/mol. The molecule has 122 valence electrons. The van der Waals surface area contributed by atoms with Gasteiger partial charge in [-0.3, -0.25) is 15.1 Å². The lowest BCUT2D eigenvalue weighted by molar-refractivity contribution is -0.383. The van der Waals surface area contributed by atoms with Crippen molar-refractivity contribution in [1.82, 2.24) is 4.98 Å². The zero-order valence-electron chi connectivity index (χ0n) is 13.0. The molecule has 1 N–H and O–H groups in total. The van der Waals surface area contributed by atoms with Gasteiger partial charge in [0.05, 0.1) is 10.3 Å². The van der Waals surface area contributed by atoms with Crippen molar-refractivity contribution in [2.45, 2.75) is 5.75 Å². The number of pyridine rings is 1. The normalized spacial score (nSPS) is 10.7. The Balaban J connectivity index is 1.61. The molecule has 0 aliphatic heterocycles. The first-order valence-electron chi connectivity index (χ1n) is 7.62. The highest BCUT2D eigenvalue weighted by Crippen LogP contribution is 2.30. The molecule has 0 aliphatic rings. The van der Waals surface area contributed by atoms with Crippen molar-refractivity contribution in [1.29, 1.82) is 0 Å². The molecule has 0 bridgehead atoms. The Hall–Kier alpha value is -2.60. The molecular weight excluding hydrogens is 322 g/mol. The number of non-ortho nitro benzene ring substituents is 1. The molecule has 0 unspecified atom stereocenters. The summed E-state index contributed by atoms with van der Waals surface area (Å²) in [5.74, 6) is 1.94. The fourth-order valence-corrected chi connectivity index (χ4v) is 3.33. The molecule has 0 radical (unpaired) electrons. The average Bonchev–Trinajstić information content (AvgIpc) is 2.62. The molecule has 0 saturated heterocycles. The first-order valence-corrected chi connectivity index (χ1v) is 8.78.